The van der Waals surface area contributed by atoms with E-state index in [0.29, 0.717) is 0 Å². The van der Waals surface area contributed by atoms with Crippen LogP contribution in [0.2, 0.25) is 0 Å². The van der Waals surface area contributed by atoms with E-state index < -0.39 is 0 Å². The van der Waals surface area contributed by atoms with Crippen molar-refractivity contribution < 1.29 is 0 Å². The number of hydrogen-bond acceptors (Lipinski definition) is 2. The van der Waals surface area contributed by atoms with Gasteiger partial charge in [0.25, 0.3) is 0 Å². The summed E-state index contributed by atoms with van der Waals surface area (Å²) >= 11 is 0. The van der Waals surface area contributed by atoms with Gasteiger partial charge in [0, 0.05) is 22.2 Å². The molecular weight excluding hydrogens is 304 g/mol. The van der Waals surface area contributed by atoms with E-state index in [1.165, 1.54) is 25.7 Å². The summed E-state index contributed by atoms with van der Waals surface area (Å²) in [4.78, 5) is 5.38. The van der Waals surface area contributed by atoms with Crippen LogP contribution >= 0.6 is 0 Å². The Morgan fingerprint density at radius 2 is 0.760 bits per heavy atom. The van der Waals surface area contributed by atoms with Gasteiger partial charge < -0.3 is 0 Å². The first-order valence-electron chi connectivity index (χ1n) is 9.70. The van der Waals surface area contributed by atoms with Gasteiger partial charge in [0.1, 0.15) is 0 Å². The summed E-state index contributed by atoms with van der Waals surface area (Å²) in [7, 11) is 4.72. The molecule has 4 heterocycles. The molecule has 25 heavy (non-hydrogen) atoms. The molecule has 2 saturated heterocycles. The zero-order chi connectivity index (χ0) is 17.4. The quantitative estimate of drug-likeness (QED) is 0.634. The van der Waals surface area contributed by atoms with Crippen LogP contribution in [0.4, 0.5) is 0 Å². The third kappa shape index (κ3) is 1.43. The van der Waals surface area contributed by atoms with Crippen molar-refractivity contribution in [3.05, 3.63) is 33.4 Å². The Kier molecular flexibility index (Phi) is 3.04. The molecule has 2 heteroatoms. The van der Waals surface area contributed by atoms with E-state index in [9.17, 15) is 0 Å². The highest BCUT2D eigenvalue weighted by atomic mass is 15.3. The highest BCUT2D eigenvalue weighted by molar-refractivity contribution is 5.66. The molecule has 4 bridgehead atoms. The smallest absolute Gasteiger partial charge is 0.0445 e. The van der Waals surface area contributed by atoms with Crippen molar-refractivity contribution in [2.45, 2.75) is 96.8 Å². The predicted octanol–water partition coefficient (Wildman–Crippen LogP) is 5.28. The van der Waals surface area contributed by atoms with Gasteiger partial charge in [0.2, 0.25) is 0 Å². The molecule has 5 rings (SSSR count). The number of nitrogens with zero attached hydrogens (tertiary/aromatic N) is 2. The fourth-order valence-electron chi connectivity index (χ4n) is 7.60. The molecule has 0 saturated carbocycles. The molecule has 0 amide bonds. The molecular formula is C23H36N2. The minimum Gasteiger partial charge on any atom is -0.287 e. The molecule has 4 aliphatic rings. The van der Waals surface area contributed by atoms with Crippen LogP contribution in [0.1, 0.15) is 94.2 Å². The third-order valence-corrected chi connectivity index (χ3v) is 9.31. The van der Waals surface area contributed by atoms with Gasteiger partial charge in [-0.3, -0.25) is 9.80 Å². The highest BCUT2D eigenvalue weighted by Crippen LogP contribution is 2.67. The van der Waals surface area contributed by atoms with Crippen molar-refractivity contribution in [2.24, 2.45) is 0 Å². The topological polar surface area (TPSA) is 6.48 Å². The predicted molar refractivity (Wildman–Crippen MR) is 106 cm³/mol. The van der Waals surface area contributed by atoms with Gasteiger partial charge >= 0.3 is 0 Å². The second-order valence-electron chi connectivity index (χ2n) is 9.96. The zero-order valence-corrected chi connectivity index (χ0v) is 16.7. The van der Waals surface area contributed by atoms with Gasteiger partial charge in [-0.05, 0) is 115 Å². The van der Waals surface area contributed by atoms with Crippen molar-refractivity contribution in [2.75, 3.05) is 14.1 Å². The van der Waals surface area contributed by atoms with Crippen molar-refractivity contribution in [3.63, 3.8) is 0 Å². The average molecular weight is 341 g/mol. The van der Waals surface area contributed by atoms with Crippen LogP contribution in [0, 0.1) is 13.8 Å². The first-order chi connectivity index (χ1) is 11.0. The molecule has 1 aromatic carbocycles. The molecule has 0 radical (unpaired) electrons. The van der Waals surface area contributed by atoms with Crippen LogP contribution < -0.4 is 0 Å². The Morgan fingerprint density at radius 1 is 0.560 bits per heavy atom. The number of hydrogen-bond donors (Lipinski definition) is 0. The van der Waals surface area contributed by atoms with E-state index >= 15 is 0 Å². The van der Waals surface area contributed by atoms with Gasteiger partial charge in [-0.2, -0.15) is 0 Å². The average Bonchev–Trinajstić information content (AvgIpc) is 3.04. The Bertz CT molecular complexity index is 683. The monoisotopic (exact) mass is 340 g/mol. The number of rotatable bonds is 0. The first-order valence-corrected chi connectivity index (χ1v) is 9.70. The van der Waals surface area contributed by atoms with E-state index in [4.69, 9.17) is 0 Å². The zero-order valence-electron chi connectivity index (χ0n) is 16.7. The maximum atomic E-state index is 2.69. The van der Waals surface area contributed by atoms with E-state index in [-0.39, 0.29) is 29.6 Å². The number of fused-ring (bicyclic) bond motifs is 10. The van der Waals surface area contributed by atoms with E-state index in [2.05, 4.69) is 65.4 Å². The molecule has 138 valence electrons. The van der Waals surface area contributed by atoms with Crippen molar-refractivity contribution in [1.29, 1.82) is 0 Å². The maximum absolute atomic E-state index is 2.69. The largest absolute Gasteiger partial charge is 0.287 e. The maximum Gasteiger partial charge on any atom is 0.0445 e. The van der Waals surface area contributed by atoms with Crippen LogP contribution in [-0.4, -0.2) is 23.9 Å². The van der Waals surface area contributed by atoms with Gasteiger partial charge in [0.05, 0.1) is 0 Å². The normalized spacial score (nSPS) is 44.2. The summed E-state index contributed by atoms with van der Waals surface area (Å²) in [5.74, 6) is 0. The van der Waals surface area contributed by atoms with Crippen LogP contribution in [0.25, 0.3) is 0 Å². The summed E-state index contributed by atoms with van der Waals surface area (Å²) in [5, 5.41) is 0. The summed E-state index contributed by atoms with van der Waals surface area (Å²) in [5.41, 5.74) is 10.9. The molecule has 0 spiro atoms. The Hall–Kier alpha value is -0.860. The van der Waals surface area contributed by atoms with Crippen molar-refractivity contribution in [1.82, 2.24) is 9.80 Å². The molecule has 2 fully saturated rings. The summed E-state index contributed by atoms with van der Waals surface area (Å²) in [6.07, 6.45) is 5.21. The van der Waals surface area contributed by atoms with E-state index in [1.54, 1.807) is 33.4 Å². The fourth-order valence-corrected chi connectivity index (χ4v) is 7.60. The first kappa shape index (κ1) is 17.5. The Balaban J connectivity index is 0.00000157. The lowest BCUT2D eigenvalue weighted by molar-refractivity contribution is 0.114. The molecule has 1 aromatic rings. The van der Waals surface area contributed by atoms with E-state index in [1.807, 2.05) is 0 Å². The minimum absolute atomic E-state index is 0. The SMILES string of the molecule is C.Cc1c2c(c(C)c3c1[C@@]1(C)CC[C@]3(C)N1C)[C@@]1(C)CC[C@]2(C)N1C. The van der Waals surface area contributed by atoms with Gasteiger partial charge in [0.15, 0.2) is 0 Å². The van der Waals surface area contributed by atoms with E-state index in [0.717, 1.165) is 0 Å². The van der Waals surface area contributed by atoms with Crippen LogP contribution in [0.15, 0.2) is 0 Å². The molecule has 4 atom stereocenters. The summed E-state index contributed by atoms with van der Waals surface area (Å²) < 4.78 is 0. The van der Waals surface area contributed by atoms with Gasteiger partial charge in [-0.25, -0.2) is 0 Å². The lowest BCUT2D eigenvalue weighted by atomic mass is 9.66. The van der Waals surface area contributed by atoms with Crippen LogP contribution in [0.3, 0.4) is 0 Å². The number of benzene rings is 1. The lowest BCUT2D eigenvalue weighted by Gasteiger charge is -2.36. The minimum atomic E-state index is 0. The molecule has 4 aliphatic heterocycles. The summed E-state index contributed by atoms with van der Waals surface area (Å²) in [6.45, 7) is 14.8. The van der Waals surface area contributed by atoms with Gasteiger partial charge in [-0.15, -0.1) is 0 Å². The molecule has 2 nitrogen and oxygen atoms in total. The van der Waals surface area contributed by atoms with Crippen molar-refractivity contribution >= 4 is 0 Å². The lowest BCUT2D eigenvalue weighted by Crippen LogP contribution is -2.39. The third-order valence-electron chi connectivity index (χ3n) is 9.31. The highest BCUT2D eigenvalue weighted by Gasteiger charge is 2.64. The van der Waals surface area contributed by atoms with Crippen LogP contribution in [-0.2, 0) is 22.2 Å². The second kappa shape index (κ2) is 4.34. The fraction of sp³-hybridized carbons (Fsp3) is 0.739. The Morgan fingerprint density at radius 3 is 0.960 bits per heavy atom. The van der Waals surface area contributed by atoms with Gasteiger partial charge in [-0.1, -0.05) is 7.43 Å². The van der Waals surface area contributed by atoms with Crippen molar-refractivity contribution in [3.8, 4) is 0 Å². The molecule has 0 unspecified atom stereocenters. The second-order valence-corrected chi connectivity index (χ2v) is 9.96. The molecule has 0 aromatic heterocycles. The molecule has 0 aliphatic carbocycles. The standard InChI is InChI=1S/C22H32N2.CH4/c1-13-15-17(21(5)11-9-19(15,3)23(21)7)14(2)18-16(13)20(4)10-12-22(18,6)24(20)8;/h9-12H2,1-8H3;1H4/t19-,20+,21+,22-;. The Labute approximate surface area is 154 Å². The summed E-state index contributed by atoms with van der Waals surface area (Å²) in [6, 6.07) is 0. The molecule has 0 N–H and O–H groups in total. The van der Waals surface area contributed by atoms with Crippen LogP contribution in [0.5, 0.6) is 0 Å².